The zero-order valence-corrected chi connectivity index (χ0v) is 10.9. The predicted octanol–water partition coefficient (Wildman–Crippen LogP) is 2.49. The SMILES string of the molecule is CCC(C)C(N)c1nc(-c2cnccc2C)no1. The Labute approximate surface area is 106 Å². The molecule has 2 rings (SSSR count). The predicted molar refractivity (Wildman–Crippen MR) is 68.6 cm³/mol. The molecule has 2 aromatic rings. The Morgan fingerprint density at radius 2 is 2.22 bits per heavy atom. The van der Waals surface area contributed by atoms with Crippen LogP contribution in [0.5, 0.6) is 0 Å². The van der Waals surface area contributed by atoms with E-state index in [9.17, 15) is 0 Å². The van der Waals surface area contributed by atoms with Crippen LogP contribution in [0.1, 0.15) is 37.8 Å². The van der Waals surface area contributed by atoms with Crippen molar-refractivity contribution < 1.29 is 4.52 Å². The summed E-state index contributed by atoms with van der Waals surface area (Å²) in [5.41, 5.74) is 8.01. The summed E-state index contributed by atoms with van der Waals surface area (Å²) in [4.78, 5) is 8.44. The zero-order valence-electron chi connectivity index (χ0n) is 10.9. The third-order valence-corrected chi connectivity index (χ3v) is 3.26. The monoisotopic (exact) mass is 246 g/mol. The van der Waals surface area contributed by atoms with Crippen LogP contribution in [0.4, 0.5) is 0 Å². The van der Waals surface area contributed by atoms with Crippen molar-refractivity contribution in [3.63, 3.8) is 0 Å². The number of rotatable bonds is 4. The summed E-state index contributed by atoms with van der Waals surface area (Å²) in [7, 11) is 0. The summed E-state index contributed by atoms with van der Waals surface area (Å²) in [6.45, 7) is 6.15. The van der Waals surface area contributed by atoms with E-state index in [2.05, 4.69) is 29.0 Å². The van der Waals surface area contributed by atoms with Gasteiger partial charge in [0, 0.05) is 18.0 Å². The van der Waals surface area contributed by atoms with E-state index >= 15 is 0 Å². The molecule has 0 aliphatic rings. The molecule has 0 spiro atoms. The molecular formula is C13H18N4O. The molecule has 18 heavy (non-hydrogen) atoms. The molecule has 0 aromatic carbocycles. The smallest absolute Gasteiger partial charge is 0.244 e. The van der Waals surface area contributed by atoms with Gasteiger partial charge in [0.05, 0.1) is 6.04 Å². The van der Waals surface area contributed by atoms with Gasteiger partial charge in [-0.1, -0.05) is 25.4 Å². The van der Waals surface area contributed by atoms with Crippen molar-refractivity contribution in [3.8, 4) is 11.4 Å². The van der Waals surface area contributed by atoms with Crippen LogP contribution in [0, 0.1) is 12.8 Å². The van der Waals surface area contributed by atoms with E-state index in [0.29, 0.717) is 17.6 Å². The second-order valence-corrected chi connectivity index (χ2v) is 4.56. The fourth-order valence-corrected chi connectivity index (χ4v) is 1.68. The molecule has 2 aromatic heterocycles. The van der Waals surface area contributed by atoms with Crippen LogP contribution in [-0.2, 0) is 0 Å². The number of hydrogen-bond donors (Lipinski definition) is 1. The Morgan fingerprint density at radius 1 is 1.44 bits per heavy atom. The lowest BCUT2D eigenvalue weighted by molar-refractivity contribution is 0.312. The van der Waals surface area contributed by atoms with Gasteiger partial charge in [-0.2, -0.15) is 4.98 Å². The van der Waals surface area contributed by atoms with E-state index in [0.717, 1.165) is 17.5 Å². The fraction of sp³-hybridized carbons (Fsp3) is 0.462. The van der Waals surface area contributed by atoms with Crippen LogP contribution in [0.25, 0.3) is 11.4 Å². The van der Waals surface area contributed by atoms with Crippen molar-refractivity contribution in [3.05, 3.63) is 29.9 Å². The van der Waals surface area contributed by atoms with Gasteiger partial charge in [0.1, 0.15) is 0 Å². The lowest BCUT2D eigenvalue weighted by Gasteiger charge is -2.12. The van der Waals surface area contributed by atoms with Gasteiger partial charge >= 0.3 is 0 Å². The summed E-state index contributed by atoms with van der Waals surface area (Å²) in [6, 6.07) is 1.70. The maximum absolute atomic E-state index is 6.07. The van der Waals surface area contributed by atoms with Crippen molar-refractivity contribution in [2.75, 3.05) is 0 Å². The highest BCUT2D eigenvalue weighted by Crippen LogP contribution is 2.24. The molecule has 0 saturated carbocycles. The zero-order chi connectivity index (χ0) is 13.1. The number of aryl methyl sites for hydroxylation is 1. The number of hydrogen-bond acceptors (Lipinski definition) is 5. The highest BCUT2D eigenvalue weighted by atomic mass is 16.5. The van der Waals surface area contributed by atoms with Gasteiger partial charge in [-0.25, -0.2) is 0 Å². The molecular weight excluding hydrogens is 228 g/mol. The quantitative estimate of drug-likeness (QED) is 0.896. The van der Waals surface area contributed by atoms with E-state index < -0.39 is 0 Å². The first-order valence-corrected chi connectivity index (χ1v) is 6.13. The molecule has 0 saturated heterocycles. The molecule has 2 N–H and O–H groups in total. The van der Waals surface area contributed by atoms with E-state index in [-0.39, 0.29) is 6.04 Å². The molecule has 0 aliphatic carbocycles. The van der Waals surface area contributed by atoms with Crippen LogP contribution >= 0.6 is 0 Å². The molecule has 2 unspecified atom stereocenters. The minimum Gasteiger partial charge on any atom is -0.337 e. The van der Waals surface area contributed by atoms with E-state index in [1.165, 1.54) is 0 Å². The van der Waals surface area contributed by atoms with E-state index in [4.69, 9.17) is 10.3 Å². The van der Waals surface area contributed by atoms with Gasteiger partial charge < -0.3 is 10.3 Å². The highest BCUT2D eigenvalue weighted by molar-refractivity contribution is 5.57. The molecule has 0 bridgehead atoms. The lowest BCUT2D eigenvalue weighted by Crippen LogP contribution is -2.18. The van der Waals surface area contributed by atoms with Crippen LogP contribution in [0.15, 0.2) is 23.0 Å². The molecule has 96 valence electrons. The van der Waals surface area contributed by atoms with Gasteiger partial charge in [0.2, 0.25) is 11.7 Å². The fourth-order valence-electron chi connectivity index (χ4n) is 1.68. The summed E-state index contributed by atoms with van der Waals surface area (Å²) in [5, 5.41) is 3.98. The first kappa shape index (κ1) is 12.7. The Hall–Kier alpha value is -1.75. The summed E-state index contributed by atoms with van der Waals surface area (Å²) < 4.78 is 5.24. The third kappa shape index (κ3) is 2.41. The summed E-state index contributed by atoms with van der Waals surface area (Å²) in [6.07, 6.45) is 4.45. The minimum absolute atomic E-state index is 0.215. The molecule has 0 radical (unpaired) electrons. The van der Waals surface area contributed by atoms with Crippen LogP contribution in [0.2, 0.25) is 0 Å². The average molecular weight is 246 g/mol. The first-order valence-electron chi connectivity index (χ1n) is 6.13. The number of nitrogens with zero attached hydrogens (tertiary/aromatic N) is 3. The van der Waals surface area contributed by atoms with Gasteiger partial charge in [-0.05, 0) is 24.5 Å². The Morgan fingerprint density at radius 3 is 2.89 bits per heavy atom. The van der Waals surface area contributed by atoms with Crippen LogP contribution in [-0.4, -0.2) is 15.1 Å². The van der Waals surface area contributed by atoms with Crippen molar-refractivity contribution in [2.24, 2.45) is 11.7 Å². The second-order valence-electron chi connectivity index (χ2n) is 4.56. The summed E-state index contributed by atoms with van der Waals surface area (Å²) >= 11 is 0. The van der Waals surface area contributed by atoms with Crippen molar-refractivity contribution in [1.82, 2.24) is 15.1 Å². The number of nitrogens with two attached hydrogens (primary N) is 1. The first-order chi connectivity index (χ1) is 8.63. The van der Waals surface area contributed by atoms with Crippen LogP contribution in [0.3, 0.4) is 0 Å². The van der Waals surface area contributed by atoms with Crippen molar-refractivity contribution >= 4 is 0 Å². The molecule has 2 atom stereocenters. The maximum Gasteiger partial charge on any atom is 0.244 e. The Balaban J connectivity index is 2.29. The second kappa shape index (κ2) is 5.27. The third-order valence-electron chi connectivity index (χ3n) is 3.26. The van der Waals surface area contributed by atoms with E-state index in [1.807, 2.05) is 13.0 Å². The van der Waals surface area contributed by atoms with Gasteiger partial charge in [-0.15, -0.1) is 0 Å². The lowest BCUT2D eigenvalue weighted by atomic mass is 10.0. The Bertz CT molecular complexity index is 523. The molecule has 0 aliphatic heterocycles. The molecule has 5 heteroatoms. The van der Waals surface area contributed by atoms with Crippen LogP contribution < -0.4 is 5.73 Å². The largest absolute Gasteiger partial charge is 0.337 e. The standard InChI is InChI=1S/C13H18N4O/c1-4-8(2)11(14)13-16-12(17-18-13)10-7-15-6-5-9(10)3/h5-8,11H,4,14H2,1-3H3. The number of aromatic nitrogens is 3. The minimum atomic E-state index is -0.215. The Kier molecular flexibility index (Phi) is 3.72. The van der Waals surface area contributed by atoms with Crippen molar-refractivity contribution in [2.45, 2.75) is 33.2 Å². The average Bonchev–Trinajstić information content (AvgIpc) is 2.87. The molecule has 5 nitrogen and oxygen atoms in total. The van der Waals surface area contributed by atoms with Gasteiger partial charge in [-0.3, -0.25) is 4.98 Å². The van der Waals surface area contributed by atoms with Gasteiger partial charge in [0.25, 0.3) is 0 Å². The molecule has 0 fully saturated rings. The maximum atomic E-state index is 6.07. The van der Waals surface area contributed by atoms with Crippen molar-refractivity contribution in [1.29, 1.82) is 0 Å². The number of pyridine rings is 1. The highest BCUT2D eigenvalue weighted by Gasteiger charge is 2.20. The normalized spacial score (nSPS) is 14.4. The molecule has 0 amide bonds. The van der Waals surface area contributed by atoms with Gasteiger partial charge in [0.15, 0.2) is 0 Å². The summed E-state index contributed by atoms with van der Waals surface area (Å²) in [5.74, 6) is 1.35. The van der Waals surface area contributed by atoms with E-state index in [1.54, 1.807) is 12.4 Å². The molecule has 2 heterocycles. The topological polar surface area (TPSA) is 77.8 Å².